The molecule has 0 radical (unpaired) electrons. The third-order valence-corrected chi connectivity index (χ3v) is 3.99. The van der Waals surface area contributed by atoms with Gasteiger partial charge in [0.05, 0.1) is 6.10 Å². The fourth-order valence-electron chi connectivity index (χ4n) is 1.68. The Bertz CT molecular complexity index is 532. The minimum Gasteiger partial charge on any atom is -0.393 e. The molecule has 0 saturated heterocycles. The molecule has 1 aromatic carbocycles. The highest BCUT2D eigenvalue weighted by Crippen LogP contribution is 2.16. The standard InChI is InChI=1S/C12H17F2NO3S/c1-8(5-9(2)16)7-15-19(17,18)12-6-10(13)3-4-11(12)14/h3-4,6,8-9,15-16H,5,7H2,1-2H3. The second kappa shape index (κ2) is 6.40. The van der Waals surface area contributed by atoms with Gasteiger partial charge >= 0.3 is 0 Å². The maximum Gasteiger partial charge on any atom is 0.243 e. The lowest BCUT2D eigenvalue weighted by Gasteiger charge is -2.14. The molecule has 2 unspecified atom stereocenters. The average Bonchev–Trinajstić information content (AvgIpc) is 2.29. The van der Waals surface area contributed by atoms with E-state index in [-0.39, 0.29) is 12.5 Å². The van der Waals surface area contributed by atoms with Gasteiger partial charge in [-0.15, -0.1) is 0 Å². The van der Waals surface area contributed by atoms with Crippen molar-refractivity contribution in [3.8, 4) is 0 Å². The van der Waals surface area contributed by atoms with Gasteiger partial charge < -0.3 is 5.11 Å². The molecule has 19 heavy (non-hydrogen) atoms. The van der Waals surface area contributed by atoms with E-state index in [4.69, 9.17) is 5.11 Å². The monoisotopic (exact) mass is 293 g/mol. The molecule has 0 aliphatic carbocycles. The normalized spacial score (nSPS) is 15.2. The summed E-state index contributed by atoms with van der Waals surface area (Å²) < 4.78 is 52.2. The van der Waals surface area contributed by atoms with Crippen LogP contribution in [0.2, 0.25) is 0 Å². The van der Waals surface area contributed by atoms with E-state index < -0.39 is 32.7 Å². The molecular formula is C12H17F2NO3S. The molecule has 0 aliphatic rings. The second-order valence-corrected chi connectivity index (χ2v) is 6.35. The Morgan fingerprint density at radius 1 is 1.32 bits per heavy atom. The summed E-state index contributed by atoms with van der Waals surface area (Å²) in [5.41, 5.74) is 0. The van der Waals surface area contributed by atoms with Crippen LogP contribution in [-0.2, 0) is 10.0 Å². The molecule has 4 nitrogen and oxygen atoms in total. The molecule has 0 saturated carbocycles. The first-order valence-electron chi connectivity index (χ1n) is 5.85. The molecule has 1 rings (SSSR count). The zero-order valence-corrected chi connectivity index (χ0v) is 11.5. The van der Waals surface area contributed by atoms with Crippen LogP contribution in [0, 0.1) is 17.6 Å². The number of benzene rings is 1. The Labute approximate surface area is 111 Å². The van der Waals surface area contributed by atoms with Crippen LogP contribution in [0.15, 0.2) is 23.1 Å². The van der Waals surface area contributed by atoms with E-state index in [0.717, 1.165) is 12.1 Å². The zero-order valence-electron chi connectivity index (χ0n) is 10.7. The number of hydrogen-bond acceptors (Lipinski definition) is 3. The number of hydrogen-bond donors (Lipinski definition) is 2. The first kappa shape index (κ1) is 16.0. The van der Waals surface area contributed by atoms with Crippen molar-refractivity contribution >= 4 is 10.0 Å². The molecule has 0 fully saturated rings. The van der Waals surface area contributed by atoms with Crippen molar-refractivity contribution in [1.29, 1.82) is 0 Å². The fourth-order valence-corrected chi connectivity index (χ4v) is 2.93. The first-order valence-corrected chi connectivity index (χ1v) is 7.33. The highest BCUT2D eigenvalue weighted by Gasteiger charge is 2.20. The lowest BCUT2D eigenvalue weighted by Crippen LogP contribution is -2.30. The van der Waals surface area contributed by atoms with Gasteiger partial charge in [-0.1, -0.05) is 6.92 Å². The van der Waals surface area contributed by atoms with Gasteiger partial charge in [-0.05, 0) is 37.5 Å². The predicted molar refractivity (Wildman–Crippen MR) is 67.0 cm³/mol. The van der Waals surface area contributed by atoms with Crippen LogP contribution in [-0.4, -0.2) is 26.2 Å². The summed E-state index contributed by atoms with van der Waals surface area (Å²) >= 11 is 0. The second-order valence-electron chi connectivity index (χ2n) is 4.62. The highest BCUT2D eigenvalue weighted by atomic mass is 32.2. The largest absolute Gasteiger partial charge is 0.393 e. The smallest absolute Gasteiger partial charge is 0.243 e. The van der Waals surface area contributed by atoms with Crippen molar-refractivity contribution in [3.63, 3.8) is 0 Å². The van der Waals surface area contributed by atoms with Gasteiger partial charge in [0.1, 0.15) is 16.5 Å². The molecule has 7 heteroatoms. The molecule has 0 bridgehead atoms. The Balaban J connectivity index is 2.79. The maximum atomic E-state index is 13.4. The van der Waals surface area contributed by atoms with Crippen LogP contribution >= 0.6 is 0 Å². The van der Waals surface area contributed by atoms with Gasteiger partial charge in [0.25, 0.3) is 0 Å². The first-order chi connectivity index (χ1) is 8.72. The molecule has 108 valence electrons. The summed E-state index contributed by atoms with van der Waals surface area (Å²) in [4.78, 5) is -0.711. The Morgan fingerprint density at radius 2 is 1.95 bits per heavy atom. The van der Waals surface area contributed by atoms with Crippen molar-refractivity contribution in [2.45, 2.75) is 31.3 Å². The maximum absolute atomic E-state index is 13.4. The molecule has 1 aromatic rings. The quantitative estimate of drug-likeness (QED) is 0.838. The molecule has 2 N–H and O–H groups in total. The molecule has 0 aliphatic heterocycles. The SMILES string of the molecule is CC(O)CC(C)CNS(=O)(=O)c1cc(F)ccc1F. The number of rotatable bonds is 6. The van der Waals surface area contributed by atoms with Crippen molar-refractivity contribution < 1.29 is 22.3 Å². The van der Waals surface area contributed by atoms with Crippen LogP contribution in [0.5, 0.6) is 0 Å². The van der Waals surface area contributed by atoms with E-state index in [1.807, 2.05) is 0 Å². The molecular weight excluding hydrogens is 276 g/mol. The molecule has 0 amide bonds. The molecule has 0 heterocycles. The summed E-state index contributed by atoms with van der Waals surface area (Å²) in [6, 6.07) is 2.25. The van der Waals surface area contributed by atoms with E-state index in [0.29, 0.717) is 12.5 Å². The molecule has 2 atom stereocenters. The fraction of sp³-hybridized carbons (Fsp3) is 0.500. The average molecular weight is 293 g/mol. The van der Waals surface area contributed by atoms with E-state index >= 15 is 0 Å². The third-order valence-electron chi connectivity index (χ3n) is 2.55. The molecule has 0 aromatic heterocycles. The predicted octanol–water partition coefficient (Wildman–Crippen LogP) is 1.65. The summed E-state index contributed by atoms with van der Waals surface area (Å²) in [5.74, 6) is -1.94. The lowest BCUT2D eigenvalue weighted by atomic mass is 10.1. The summed E-state index contributed by atoms with van der Waals surface area (Å²) in [6.07, 6.45) is -0.140. The van der Waals surface area contributed by atoms with Gasteiger partial charge in [-0.3, -0.25) is 0 Å². The summed E-state index contributed by atoms with van der Waals surface area (Å²) in [6.45, 7) is 3.39. The molecule has 0 spiro atoms. The number of sulfonamides is 1. The number of aliphatic hydroxyl groups is 1. The van der Waals surface area contributed by atoms with Crippen LogP contribution in [0.4, 0.5) is 8.78 Å². The van der Waals surface area contributed by atoms with Crippen molar-refractivity contribution in [2.75, 3.05) is 6.54 Å². The highest BCUT2D eigenvalue weighted by molar-refractivity contribution is 7.89. The van der Waals surface area contributed by atoms with E-state index in [1.54, 1.807) is 13.8 Å². The Hall–Kier alpha value is -1.05. The van der Waals surface area contributed by atoms with Crippen molar-refractivity contribution in [2.24, 2.45) is 5.92 Å². The Morgan fingerprint density at radius 3 is 2.53 bits per heavy atom. The van der Waals surface area contributed by atoms with Gasteiger partial charge in [0, 0.05) is 6.54 Å². The van der Waals surface area contributed by atoms with E-state index in [2.05, 4.69) is 4.72 Å². The third kappa shape index (κ3) is 4.85. The number of nitrogens with one attached hydrogen (secondary N) is 1. The van der Waals surface area contributed by atoms with Gasteiger partial charge in [0.15, 0.2) is 0 Å². The van der Waals surface area contributed by atoms with Crippen LogP contribution in [0.1, 0.15) is 20.3 Å². The minimum atomic E-state index is -4.09. The van der Waals surface area contributed by atoms with E-state index in [1.165, 1.54) is 0 Å². The summed E-state index contributed by atoms with van der Waals surface area (Å²) in [7, 11) is -4.09. The van der Waals surface area contributed by atoms with Gasteiger partial charge in [-0.2, -0.15) is 0 Å². The Kier molecular flexibility index (Phi) is 5.39. The van der Waals surface area contributed by atoms with Crippen LogP contribution < -0.4 is 4.72 Å². The minimum absolute atomic E-state index is 0.0448. The van der Waals surface area contributed by atoms with Crippen molar-refractivity contribution in [3.05, 3.63) is 29.8 Å². The van der Waals surface area contributed by atoms with E-state index in [9.17, 15) is 17.2 Å². The van der Waals surface area contributed by atoms with Crippen LogP contribution in [0.25, 0.3) is 0 Å². The lowest BCUT2D eigenvalue weighted by molar-refractivity contribution is 0.165. The van der Waals surface area contributed by atoms with Crippen LogP contribution in [0.3, 0.4) is 0 Å². The van der Waals surface area contributed by atoms with Crippen molar-refractivity contribution in [1.82, 2.24) is 4.72 Å². The number of halogens is 2. The number of aliphatic hydroxyl groups excluding tert-OH is 1. The topological polar surface area (TPSA) is 66.4 Å². The zero-order chi connectivity index (χ0) is 14.6. The van der Waals surface area contributed by atoms with Gasteiger partial charge in [0.2, 0.25) is 10.0 Å². The summed E-state index contributed by atoms with van der Waals surface area (Å²) in [5, 5.41) is 9.16. The van der Waals surface area contributed by atoms with Gasteiger partial charge in [-0.25, -0.2) is 21.9 Å².